The molecule has 0 spiro atoms. The molecule has 8 unspecified atom stereocenters. The number of aliphatic hydroxyl groups is 2. The molecule has 0 saturated heterocycles. The fourth-order valence-electron chi connectivity index (χ4n) is 9.56. The smallest absolute Gasteiger partial charge is 0.144 e. The first-order valence-electron chi connectivity index (χ1n) is 16.7. The number of carbonyl (C=O) groups excluding carboxylic acids is 2. The van der Waals surface area contributed by atoms with Crippen LogP contribution >= 0.6 is 0 Å². The average Bonchev–Trinajstić information content (AvgIpc) is 2.89. The molecule has 0 aromatic rings. The molecule has 8 atom stereocenters. The van der Waals surface area contributed by atoms with E-state index in [2.05, 4.69) is 52.2 Å². The van der Waals surface area contributed by atoms with Crippen LogP contribution in [0.3, 0.4) is 0 Å². The van der Waals surface area contributed by atoms with Crippen LogP contribution in [0, 0.1) is 46.3 Å². The predicted octanol–water partition coefficient (Wildman–Crippen LogP) is 5.04. The molecule has 0 radical (unpaired) electrons. The van der Waals surface area contributed by atoms with Gasteiger partial charge in [0.25, 0.3) is 0 Å². The summed E-state index contributed by atoms with van der Waals surface area (Å²) in [4.78, 5) is 28.5. The zero-order chi connectivity index (χ0) is 29.0. The summed E-state index contributed by atoms with van der Waals surface area (Å²) in [5.74, 6) is -0.807. The molecule has 0 aromatic heterocycles. The van der Waals surface area contributed by atoms with Crippen LogP contribution in [0.1, 0.15) is 119 Å². The van der Waals surface area contributed by atoms with Gasteiger partial charge < -0.3 is 20.8 Å². The fourth-order valence-corrected chi connectivity index (χ4v) is 9.56. The standard InChI is InChI=1S/C34H58N2O4/c1-33(2,3)19-7-11-21(12-8-19)35-23-15-16-24(36-22-13-9-20(10-14-22)34(4,5)6)28-27(23)31(39)29-25(37)17-18-26(38)30(29)32(28)40/h19-30,35-38H,7-18H2,1-6H3. The summed E-state index contributed by atoms with van der Waals surface area (Å²) in [5, 5.41) is 29.6. The highest BCUT2D eigenvalue weighted by molar-refractivity contribution is 6.01. The van der Waals surface area contributed by atoms with Crippen LogP contribution in [0.5, 0.6) is 0 Å². The van der Waals surface area contributed by atoms with Gasteiger partial charge in [0.1, 0.15) is 11.6 Å². The van der Waals surface area contributed by atoms with E-state index in [1.54, 1.807) is 0 Å². The normalized spacial score (nSPS) is 45.1. The van der Waals surface area contributed by atoms with E-state index >= 15 is 0 Å². The molecule has 0 bridgehead atoms. The summed E-state index contributed by atoms with van der Waals surface area (Å²) in [5.41, 5.74) is 0.648. The van der Waals surface area contributed by atoms with E-state index in [0.717, 1.165) is 50.4 Å². The van der Waals surface area contributed by atoms with Gasteiger partial charge in [0.2, 0.25) is 0 Å². The van der Waals surface area contributed by atoms with E-state index in [1.807, 2.05) is 0 Å². The highest BCUT2D eigenvalue weighted by Crippen LogP contribution is 2.48. The molecule has 40 heavy (non-hydrogen) atoms. The molecule has 5 rings (SSSR count). The molecule has 6 nitrogen and oxygen atoms in total. The van der Waals surface area contributed by atoms with Crippen LogP contribution in [0.4, 0.5) is 0 Å². The number of fused-ring (bicyclic) bond motifs is 2. The monoisotopic (exact) mass is 558 g/mol. The molecule has 5 saturated carbocycles. The molecule has 0 aromatic carbocycles. The number of carbonyl (C=O) groups is 2. The van der Waals surface area contributed by atoms with Crippen molar-refractivity contribution in [3.63, 3.8) is 0 Å². The van der Waals surface area contributed by atoms with Crippen LogP contribution in [-0.2, 0) is 9.59 Å². The van der Waals surface area contributed by atoms with Crippen molar-refractivity contribution >= 4 is 11.6 Å². The molecule has 4 N–H and O–H groups in total. The van der Waals surface area contributed by atoms with Crippen molar-refractivity contribution in [1.29, 1.82) is 0 Å². The van der Waals surface area contributed by atoms with Crippen LogP contribution in [0.2, 0.25) is 0 Å². The van der Waals surface area contributed by atoms with Crippen molar-refractivity contribution in [1.82, 2.24) is 10.6 Å². The summed E-state index contributed by atoms with van der Waals surface area (Å²) in [7, 11) is 0. The molecule has 5 fully saturated rings. The SMILES string of the molecule is CC(C)(C)C1CCC(NC2CCC(NC3CCC(C(C)(C)C)CC3)C3C(=O)C4C(O)CCC(O)C4C(=O)C23)CC1. The van der Waals surface area contributed by atoms with E-state index in [0.29, 0.717) is 35.8 Å². The molecular formula is C34H58N2O4. The third-order valence-electron chi connectivity index (χ3n) is 12.1. The Hall–Kier alpha value is -0.820. The van der Waals surface area contributed by atoms with Crippen LogP contribution in [-0.4, -0.2) is 58.2 Å². The summed E-state index contributed by atoms with van der Waals surface area (Å²) < 4.78 is 0. The van der Waals surface area contributed by atoms with Crippen molar-refractivity contribution in [3.8, 4) is 0 Å². The van der Waals surface area contributed by atoms with E-state index in [-0.39, 0.29) is 23.7 Å². The maximum Gasteiger partial charge on any atom is 0.144 e. The third-order valence-corrected chi connectivity index (χ3v) is 12.1. The molecule has 0 heterocycles. The number of rotatable bonds is 4. The van der Waals surface area contributed by atoms with Crippen molar-refractivity contribution in [3.05, 3.63) is 0 Å². The van der Waals surface area contributed by atoms with Gasteiger partial charge in [-0.2, -0.15) is 0 Å². The Morgan fingerprint density at radius 1 is 0.500 bits per heavy atom. The lowest BCUT2D eigenvalue weighted by atomic mass is 9.54. The fraction of sp³-hybridized carbons (Fsp3) is 0.941. The Kier molecular flexibility index (Phi) is 8.96. The minimum atomic E-state index is -0.824. The number of hydrogen-bond acceptors (Lipinski definition) is 6. The summed E-state index contributed by atoms with van der Waals surface area (Å²) in [6.45, 7) is 14.0. The Balaban J connectivity index is 1.33. The molecular weight excluding hydrogens is 500 g/mol. The summed E-state index contributed by atoms with van der Waals surface area (Å²) in [6, 6.07) is 0.701. The second-order valence-corrected chi connectivity index (χ2v) is 16.6. The van der Waals surface area contributed by atoms with Gasteiger partial charge in [-0.1, -0.05) is 41.5 Å². The largest absolute Gasteiger partial charge is 0.392 e. The van der Waals surface area contributed by atoms with E-state index in [9.17, 15) is 19.8 Å². The van der Waals surface area contributed by atoms with Gasteiger partial charge >= 0.3 is 0 Å². The van der Waals surface area contributed by atoms with Crippen molar-refractivity contribution in [2.45, 2.75) is 155 Å². The first-order chi connectivity index (χ1) is 18.8. The molecule has 5 aliphatic carbocycles. The highest BCUT2D eigenvalue weighted by atomic mass is 16.3. The van der Waals surface area contributed by atoms with Crippen molar-refractivity contribution < 1.29 is 19.8 Å². The van der Waals surface area contributed by atoms with Crippen LogP contribution < -0.4 is 10.6 Å². The Morgan fingerprint density at radius 2 is 0.825 bits per heavy atom. The van der Waals surface area contributed by atoms with Gasteiger partial charge in [-0.15, -0.1) is 0 Å². The van der Waals surface area contributed by atoms with Gasteiger partial charge in [-0.05, 0) is 99.7 Å². The Bertz CT molecular complexity index is 832. The molecule has 0 amide bonds. The van der Waals surface area contributed by atoms with Gasteiger partial charge in [-0.25, -0.2) is 0 Å². The third kappa shape index (κ3) is 6.12. The zero-order valence-corrected chi connectivity index (χ0v) is 26.1. The zero-order valence-electron chi connectivity index (χ0n) is 26.1. The molecule has 228 valence electrons. The van der Waals surface area contributed by atoms with E-state index < -0.39 is 35.9 Å². The van der Waals surface area contributed by atoms with Gasteiger partial charge in [-0.3, -0.25) is 9.59 Å². The lowest BCUT2D eigenvalue weighted by molar-refractivity contribution is -0.167. The lowest BCUT2D eigenvalue weighted by Crippen LogP contribution is -2.67. The van der Waals surface area contributed by atoms with Crippen LogP contribution in [0.25, 0.3) is 0 Å². The first kappa shape index (κ1) is 30.6. The predicted molar refractivity (Wildman–Crippen MR) is 159 cm³/mol. The first-order valence-corrected chi connectivity index (χ1v) is 16.7. The molecule has 5 aliphatic rings. The molecule has 0 aliphatic heterocycles. The maximum atomic E-state index is 14.2. The molecule has 6 heteroatoms. The minimum absolute atomic E-state index is 0.0282. The van der Waals surface area contributed by atoms with Crippen molar-refractivity contribution in [2.24, 2.45) is 46.3 Å². The Morgan fingerprint density at radius 3 is 1.12 bits per heavy atom. The summed E-state index contributed by atoms with van der Waals surface area (Å²) >= 11 is 0. The second kappa shape index (κ2) is 11.7. The van der Waals surface area contributed by atoms with Crippen LogP contribution in [0.15, 0.2) is 0 Å². The van der Waals surface area contributed by atoms with Crippen molar-refractivity contribution in [2.75, 3.05) is 0 Å². The number of aliphatic hydroxyl groups excluding tert-OH is 2. The Labute approximate surface area is 243 Å². The highest BCUT2D eigenvalue weighted by Gasteiger charge is 2.60. The number of hydrogen-bond donors (Lipinski definition) is 4. The second-order valence-electron chi connectivity index (χ2n) is 16.6. The maximum absolute atomic E-state index is 14.2. The summed E-state index contributed by atoms with van der Waals surface area (Å²) in [6.07, 6.45) is 10.2. The van der Waals surface area contributed by atoms with Gasteiger partial charge in [0.15, 0.2) is 0 Å². The lowest BCUT2D eigenvalue weighted by Gasteiger charge is -2.53. The van der Waals surface area contributed by atoms with Gasteiger partial charge in [0, 0.05) is 36.0 Å². The topological polar surface area (TPSA) is 98.7 Å². The average molecular weight is 559 g/mol. The minimum Gasteiger partial charge on any atom is -0.392 e. The quantitative estimate of drug-likeness (QED) is 0.386. The van der Waals surface area contributed by atoms with Gasteiger partial charge in [0.05, 0.1) is 24.0 Å². The number of ketones is 2. The van der Waals surface area contributed by atoms with E-state index in [4.69, 9.17) is 0 Å². The number of nitrogens with one attached hydrogen (secondary N) is 2. The van der Waals surface area contributed by atoms with E-state index in [1.165, 1.54) is 25.7 Å². The number of Topliss-reactive ketones (excluding diaryl/α,β-unsaturated/α-hetero) is 2.